The molecule has 2 heterocycles. The van der Waals surface area contributed by atoms with Crippen molar-refractivity contribution in [1.82, 2.24) is 0 Å². The monoisotopic (exact) mass is 770 g/mol. The molecule has 0 bridgehead atoms. The quantitative estimate of drug-likeness (QED) is 0.115. The van der Waals surface area contributed by atoms with Crippen molar-refractivity contribution in [2.75, 3.05) is 22.9 Å². The number of hydrogen-bond donors (Lipinski definition) is 0. The summed E-state index contributed by atoms with van der Waals surface area (Å²) < 4.78 is 2.51. The van der Waals surface area contributed by atoms with E-state index in [4.69, 9.17) is 6.58 Å². The number of allylic oxidation sites excluding steroid dienone is 8. The molecule has 3 heteroatoms. The van der Waals surface area contributed by atoms with Crippen molar-refractivity contribution in [2.24, 2.45) is 0 Å². The lowest BCUT2D eigenvalue weighted by atomic mass is 9.81. The molecule has 6 aromatic rings. The summed E-state index contributed by atoms with van der Waals surface area (Å²) in [5.74, 6) is 0. The van der Waals surface area contributed by atoms with E-state index in [1.807, 2.05) is 0 Å². The van der Waals surface area contributed by atoms with Gasteiger partial charge in [-0.1, -0.05) is 150 Å². The third kappa shape index (κ3) is 6.87. The number of anilines is 3. The van der Waals surface area contributed by atoms with Gasteiger partial charge in [-0.25, -0.2) is 0 Å². The van der Waals surface area contributed by atoms with E-state index in [9.17, 15) is 0 Å². The standard InChI is InChI=1S/C56H56N3/c1-6-8-38-57-49(40(3)53-47-26-18-16-20-41(47)30-35-50(53)57)34-32-43-28-29-44(55(43)59(45-22-12-10-13-23-45)46-24-14-11-15-25-46)33-37-52-56(4,5)54-48-27-19-17-21-42(48)31-36-51(54)58(52)39-9-7-2/h10-27,30-37H,3,6-9,28-29,38-39H2,1-2,4-5H3/q+1. The molecule has 9 rings (SSSR count). The molecule has 0 N–H and O–H groups in total. The van der Waals surface area contributed by atoms with Gasteiger partial charge in [-0.2, -0.15) is 4.58 Å². The number of fused-ring (bicyclic) bond motifs is 6. The first-order valence-electron chi connectivity index (χ1n) is 21.8. The van der Waals surface area contributed by atoms with Crippen LogP contribution < -0.4 is 9.80 Å². The lowest BCUT2D eigenvalue weighted by Crippen LogP contribution is -2.27. The number of hydrogen-bond acceptors (Lipinski definition) is 2. The normalized spacial score (nSPS) is 17.4. The molecule has 2 aliphatic heterocycles. The van der Waals surface area contributed by atoms with Crippen molar-refractivity contribution in [3.63, 3.8) is 0 Å². The fourth-order valence-electron chi connectivity index (χ4n) is 9.81. The summed E-state index contributed by atoms with van der Waals surface area (Å²) in [6.07, 6.45) is 16.2. The molecule has 1 aliphatic carbocycles. The average molecular weight is 771 g/mol. The predicted octanol–water partition coefficient (Wildman–Crippen LogP) is 14.8. The Morgan fingerprint density at radius 1 is 0.678 bits per heavy atom. The maximum atomic E-state index is 4.77. The zero-order valence-corrected chi connectivity index (χ0v) is 35.2. The molecule has 294 valence electrons. The summed E-state index contributed by atoms with van der Waals surface area (Å²) >= 11 is 0. The van der Waals surface area contributed by atoms with Gasteiger partial charge in [-0.3, -0.25) is 0 Å². The minimum Gasteiger partial charge on any atom is -0.344 e. The second-order valence-corrected chi connectivity index (χ2v) is 16.8. The van der Waals surface area contributed by atoms with Crippen LogP contribution in [0.4, 0.5) is 22.7 Å². The van der Waals surface area contributed by atoms with Crippen LogP contribution in [0.5, 0.6) is 0 Å². The third-order valence-corrected chi connectivity index (χ3v) is 12.7. The Hall–Kier alpha value is -6.19. The first-order chi connectivity index (χ1) is 28.9. The van der Waals surface area contributed by atoms with Gasteiger partial charge < -0.3 is 9.80 Å². The van der Waals surface area contributed by atoms with Gasteiger partial charge in [0.2, 0.25) is 11.4 Å². The molecule has 0 amide bonds. The van der Waals surface area contributed by atoms with E-state index in [1.165, 1.54) is 72.3 Å². The number of unbranched alkanes of at least 4 members (excludes halogenated alkanes) is 2. The molecule has 0 unspecified atom stereocenters. The average Bonchev–Trinajstić information content (AvgIpc) is 3.87. The summed E-state index contributed by atoms with van der Waals surface area (Å²) in [5.41, 5.74) is 15.1. The van der Waals surface area contributed by atoms with Gasteiger partial charge in [0.05, 0.1) is 16.8 Å². The molecule has 6 aromatic carbocycles. The maximum absolute atomic E-state index is 4.77. The molecule has 59 heavy (non-hydrogen) atoms. The molecule has 0 atom stereocenters. The SMILES string of the molecule is C=C1C(C=CC2=C(N(c3ccccc3)c3ccccc3)C(=CC=C3N(CCCC)c4ccc5ccccc5c4C3(C)C)CC2)=[N+](CCCC)c2ccc3ccccc3c21. The van der Waals surface area contributed by atoms with E-state index >= 15 is 0 Å². The smallest absolute Gasteiger partial charge is 0.214 e. The number of nitrogens with zero attached hydrogens (tertiary/aromatic N) is 3. The summed E-state index contributed by atoms with van der Waals surface area (Å²) in [6.45, 7) is 16.2. The van der Waals surface area contributed by atoms with E-state index in [1.54, 1.807) is 0 Å². The Kier molecular flexibility index (Phi) is 10.5. The van der Waals surface area contributed by atoms with Crippen LogP contribution in [0.2, 0.25) is 0 Å². The van der Waals surface area contributed by atoms with Crippen LogP contribution in [0.25, 0.3) is 27.1 Å². The summed E-state index contributed by atoms with van der Waals surface area (Å²) in [6, 6.07) is 48.7. The van der Waals surface area contributed by atoms with E-state index in [2.05, 4.69) is 200 Å². The van der Waals surface area contributed by atoms with Crippen LogP contribution in [0.3, 0.4) is 0 Å². The first kappa shape index (κ1) is 38.3. The van der Waals surface area contributed by atoms with E-state index in [0.717, 1.165) is 68.6 Å². The highest BCUT2D eigenvalue weighted by Crippen LogP contribution is 2.51. The van der Waals surface area contributed by atoms with Crippen molar-refractivity contribution in [2.45, 2.75) is 71.6 Å². The fraction of sp³-hybridized carbons (Fsp3) is 0.232. The van der Waals surface area contributed by atoms with Gasteiger partial charge in [0.25, 0.3) is 0 Å². The van der Waals surface area contributed by atoms with Crippen molar-refractivity contribution >= 4 is 55.6 Å². The van der Waals surface area contributed by atoms with Gasteiger partial charge in [0, 0.05) is 53.3 Å². The first-order valence-corrected chi connectivity index (χ1v) is 21.8. The number of para-hydroxylation sites is 2. The van der Waals surface area contributed by atoms with Crippen LogP contribution in [0, 0.1) is 0 Å². The van der Waals surface area contributed by atoms with Gasteiger partial charge in [-0.15, -0.1) is 0 Å². The van der Waals surface area contributed by atoms with Crippen molar-refractivity contribution in [3.8, 4) is 0 Å². The highest BCUT2D eigenvalue weighted by atomic mass is 15.2. The lowest BCUT2D eigenvalue weighted by molar-refractivity contribution is -0.436. The van der Waals surface area contributed by atoms with Crippen molar-refractivity contribution in [1.29, 1.82) is 0 Å². The topological polar surface area (TPSA) is 9.49 Å². The zero-order chi connectivity index (χ0) is 40.5. The molecule has 0 aromatic heterocycles. The fourth-order valence-corrected chi connectivity index (χ4v) is 9.81. The van der Waals surface area contributed by atoms with Crippen molar-refractivity contribution < 1.29 is 4.58 Å². The molecule has 0 radical (unpaired) electrons. The van der Waals surface area contributed by atoms with Crippen LogP contribution in [0.1, 0.15) is 77.3 Å². The van der Waals surface area contributed by atoms with Gasteiger partial charge in [0.15, 0.2) is 0 Å². The highest BCUT2D eigenvalue weighted by molar-refractivity contribution is 6.32. The Morgan fingerprint density at radius 3 is 2.00 bits per heavy atom. The van der Waals surface area contributed by atoms with E-state index in [0.29, 0.717) is 0 Å². The molecule has 0 saturated heterocycles. The Balaban J connectivity index is 1.21. The second-order valence-electron chi connectivity index (χ2n) is 16.8. The zero-order valence-electron chi connectivity index (χ0n) is 35.2. The van der Waals surface area contributed by atoms with Crippen LogP contribution >= 0.6 is 0 Å². The molecular formula is C56H56N3+. The van der Waals surface area contributed by atoms with Crippen LogP contribution in [-0.2, 0) is 5.41 Å². The van der Waals surface area contributed by atoms with Crippen LogP contribution in [-0.4, -0.2) is 23.4 Å². The number of benzene rings is 6. The molecule has 0 saturated carbocycles. The van der Waals surface area contributed by atoms with Crippen molar-refractivity contribution in [3.05, 3.63) is 198 Å². The molecule has 0 spiro atoms. The Bertz CT molecular complexity index is 2680. The van der Waals surface area contributed by atoms with Gasteiger partial charge >= 0.3 is 0 Å². The molecular weight excluding hydrogens is 715 g/mol. The molecule has 3 aliphatic rings. The van der Waals surface area contributed by atoms with Gasteiger partial charge in [-0.05, 0) is 100.0 Å². The highest BCUT2D eigenvalue weighted by Gasteiger charge is 2.41. The largest absolute Gasteiger partial charge is 0.344 e. The third-order valence-electron chi connectivity index (χ3n) is 12.7. The predicted molar refractivity (Wildman–Crippen MR) is 254 cm³/mol. The summed E-state index contributed by atoms with van der Waals surface area (Å²) in [4.78, 5) is 5.10. The van der Waals surface area contributed by atoms with E-state index in [-0.39, 0.29) is 5.41 Å². The molecule has 3 nitrogen and oxygen atoms in total. The minimum absolute atomic E-state index is 0.161. The number of rotatable bonds is 12. The van der Waals surface area contributed by atoms with Crippen LogP contribution in [0.15, 0.2) is 187 Å². The summed E-state index contributed by atoms with van der Waals surface area (Å²) in [5, 5.41) is 5.20. The second kappa shape index (κ2) is 16.2. The minimum atomic E-state index is -0.161. The Morgan fingerprint density at radius 2 is 1.31 bits per heavy atom. The van der Waals surface area contributed by atoms with E-state index < -0.39 is 0 Å². The Labute approximate surface area is 351 Å². The summed E-state index contributed by atoms with van der Waals surface area (Å²) in [7, 11) is 0. The maximum Gasteiger partial charge on any atom is 0.214 e. The molecule has 0 fully saturated rings. The lowest BCUT2D eigenvalue weighted by Gasteiger charge is -2.29. The van der Waals surface area contributed by atoms with Gasteiger partial charge in [0.1, 0.15) is 6.54 Å².